The number of nitrogens with zero attached hydrogens (tertiary/aromatic N) is 1. The fourth-order valence-electron chi connectivity index (χ4n) is 2.35. The molecule has 0 amide bonds. The predicted molar refractivity (Wildman–Crippen MR) is 82.8 cm³/mol. The van der Waals surface area contributed by atoms with Crippen LogP contribution < -0.4 is 5.32 Å². The zero-order valence-electron chi connectivity index (χ0n) is 11.1. The molecule has 1 aromatic heterocycles. The highest BCUT2D eigenvalue weighted by Gasteiger charge is 2.18. The van der Waals surface area contributed by atoms with Gasteiger partial charge in [-0.25, -0.2) is 4.98 Å². The first-order chi connectivity index (χ1) is 9.33. The van der Waals surface area contributed by atoms with Crippen LogP contribution in [0.4, 0.5) is 0 Å². The van der Waals surface area contributed by atoms with Gasteiger partial charge in [0.2, 0.25) is 0 Å². The van der Waals surface area contributed by atoms with Crippen LogP contribution in [-0.4, -0.2) is 11.5 Å². The first kappa shape index (κ1) is 13.2. The largest absolute Gasteiger partial charge is 0.309 e. The molecule has 0 bridgehead atoms. The summed E-state index contributed by atoms with van der Waals surface area (Å²) in [6.07, 6.45) is 2.50. The molecule has 2 nitrogen and oxygen atoms in total. The van der Waals surface area contributed by atoms with E-state index in [4.69, 9.17) is 4.98 Å². The maximum absolute atomic E-state index is 4.77. The van der Waals surface area contributed by atoms with E-state index in [-0.39, 0.29) is 0 Å². The Morgan fingerprint density at radius 1 is 1.42 bits per heavy atom. The molecule has 1 atom stereocenters. The number of aromatic nitrogens is 1. The van der Waals surface area contributed by atoms with Crippen molar-refractivity contribution in [3.8, 4) is 0 Å². The topological polar surface area (TPSA) is 24.9 Å². The average molecular weight is 290 g/mol. The summed E-state index contributed by atoms with van der Waals surface area (Å²) in [6.45, 7) is 3.30. The molecule has 100 valence electrons. The number of hydrogen-bond donors (Lipinski definition) is 1. The van der Waals surface area contributed by atoms with Crippen molar-refractivity contribution in [2.24, 2.45) is 0 Å². The standard InChI is InChI=1S/C15H18N2S2/c1-11-5-2-3-7-14(11)18-10-15-17-13(9-19-15)12-6-4-8-16-12/h2-3,5,7,9,12,16H,4,6,8,10H2,1H3. The van der Waals surface area contributed by atoms with Crippen LogP contribution in [0, 0.1) is 6.92 Å². The molecule has 1 N–H and O–H groups in total. The fraction of sp³-hybridized carbons (Fsp3) is 0.400. The number of thioether (sulfide) groups is 1. The number of rotatable bonds is 4. The van der Waals surface area contributed by atoms with Gasteiger partial charge < -0.3 is 5.32 Å². The van der Waals surface area contributed by atoms with Gasteiger partial charge in [0.25, 0.3) is 0 Å². The van der Waals surface area contributed by atoms with Crippen LogP contribution in [0.3, 0.4) is 0 Å². The van der Waals surface area contributed by atoms with Gasteiger partial charge in [0, 0.05) is 10.3 Å². The molecule has 4 heteroatoms. The Balaban J connectivity index is 1.63. The monoisotopic (exact) mass is 290 g/mol. The first-order valence-corrected chi connectivity index (χ1v) is 8.55. The molecule has 1 aliphatic rings. The fourth-order valence-corrected chi connectivity index (χ4v) is 4.24. The Bertz CT molecular complexity index is 545. The Morgan fingerprint density at radius 3 is 3.11 bits per heavy atom. The van der Waals surface area contributed by atoms with E-state index in [9.17, 15) is 0 Å². The molecule has 19 heavy (non-hydrogen) atoms. The molecular weight excluding hydrogens is 272 g/mol. The Labute approximate surface area is 122 Å². The van der Waals surface area contributed by atoms with E-state index in [1.165, 1.54) is 34.0 Å². The number of benzene rings is 1. The lowest BCUT2D eigenvalue weighted by Crippen LogP contribution is -2.13. The van der Waals surface area contributed by atoms with Crippen molar-refractivity contribution < 1.29 is 0 Å². The summed E-state index contributed by atoms with van der Waals surface area (Å²) < 4.78 is 0. The molecule has 1 aliphatic heterocycles. The number of aryl methyl sites for hydroxylation is 1. The molecule has 1 saturated heterocycles. The molecule has 0 saturated carbocycles. The van der Waals surface area contributed by atoms with Crippen molar-refractivity contribution in [1.82, 2.24) is 10.3 Å². The normalized spacial score (nSPS) is 18.9. The summed E-state index contributed by atoms with van der Waals surface area (Å²) in [5, 5.41) is 6.96. The van der Waals surface area contributed by atoms with Crippen LogP contribution in [0.5, 0.6) is 0 Å². The van der Waals surface area contributed by atoms with E-state index < -0.39 is 0 Å². The van der Waals surface area contributed by atoms with E-state index in [1.807, 2.05) is 11.8 Å². The van der Waals surface area contributed by atoms with E-state index in [2.05, 4.69) is 41.9 Å². The van der Waals surface area contributed by atoms with E-state index >= 15 is 0 Å². The molecule has 2 aromatic rings. The average Bonchev–Trinajstić information content (AvgIpc) is 3.09. The highest BCUT2D eigenvalue weighted by atomic mass is 32.2. The van der Waals surface area contributed by atoms with Gasteiger partial charge in [0.05, 0.1) is 17.5 Å². The molecule has 3 rings (SSSR count). The van der Waals surface area contributed by atoms with Gasteiger partial charge in [0.15, 0.2) is 0 Å². The van der Waals surface area contributed by atoms with E-state index in [0.717, 1.165) is 12.3 Å². The summed E-state index contributed by atoms with van der Waals surface area (Å²) in [6, 6.07) is 9.04. The van der Waals surface area contributed by atoms with Crippen LogP contribution in [0.2, 0.25) is 0 Å². The van der Waals surface area contributed by atoms with Gasteiger partial charge in [-0.3, -0.25) is 0 Å². The maximum atomic E-state index is 4.77. The van der Waals surface area contributed by atoms with Gasteiger partial charge in [-0.05, 0) is 37.9 Å². The molecule has 0 spiro atoms. The minimum atomic E-state index is 0.494. The molecule has 0 aliphatic carbocycles. The van der Waals surface area contributed by atoms with E-state index in [0.29, 0.717) is 6.04 Å². The van der Waals surface area contributed by atoms with Crippen molar-refractivity contribution >= 4 is 23.1 Å². The van der Waals surface area contributed by atoms with Crippen LogP contribution >= 0.6 is 23.1 Å². The SMILES string of the molecule is Cc1ccccc1SCc1nc(C2CCCN2)cs1. The maximum Gasteiger partial charge on any atom is 0.103 e. The van der Waals surface area contributed by atoms with Crippen LogP contribution in [0.15, 0.2) is 34.5 Å². The summed E-state index contributed by atoms with van der Waals surface area (Å²) in [5.41, 5.74) is 2.59. The lowest BCUT2D eigenvalue weighted by atomic mass is 10.2. The zero-order chi connectivity index (χ0) is 13.1. The molecule has 0 radical (unpaired) electrons. The second-order valence-electron chi connectivity index (χ2n) is 4.87. The minimum absolute atomic E-state index is 0.494. The number of thiazole rings is 1. The molecule has 1 aromatic carbocycles. The zero-order valence-corrected chi connectivity index (χ0v) is 12.7. The lowest BCUT2D eigenvalue weighted by Gasteiger charge is -2.05. The van der Waals surface area contributed by atoms with Crippen LogP contribution in [0.25, 0.3) is 0 Å². The molecule has 2 heterocycles. The highest BCUT2D eigenvalue weighted by molar-refractivity contribution is 7.98. The Morgan fingerprint density at radius 2 is 2.32 bits per heavy atom. The lowest BCUT2D eigenvalue weighted by molar-refractivity contribution is 0.630. The van der Waals surface area contributed by atoms with E-state index in [1.54, 1.807) is 11.3 Å². The third-order valence-corrected chi connectivity index (χ3v) is 5.67. The highest BCUT2D eigenvalue weighted by Crippen LogP contribution is 2.29. The van der Waals surface area contributed by atoms with Crippen molar-refractivity contribution in [1.29, 1.82) is 0 Å². The second-order valence-corrected chi connectivity index (χ2v) is 6.83. The minimum Gasteiger partial charge on any atom is -0.309 e. The Hall–Kier alpha value is -0.840. The second kappa shape index (κ2) is 6.07. The number of hydrogen-bond acceptors (Lipinski definition) is 4. The number of nitrogens with one attached hydrogen (secondary N) is 1. The van der Waals surface area contributed by atoms with Gasteiger partial charge >= 0.3 is 0 Å². The van der Waals surface area contributed by atoms with Crippen LogP contribution in [-0.2, 0) is 5.75 Å². The predicted octanol–water partition coefficient (Wildman–Crippen LogP) is 4.17. The van der Waals surface area contributed by atoms with Crippen molar-refractivity contribution in [3.05, 3.63) is 45.9 Å². The summed E-state index contributed by atoms with van der Waals surface area (Å²) in [7, 11) is 0. The van der Waals surface area contributed by atoms with Crippen molar-refractivity contribution in [2.75, 3.05) is 6.54 Å². The van der Waals surface area contributed by atoms with Crippen molar-refractivity contribution in [3.63, 3.8) is 0 Å². The molecular formula is C15H18N2S2. The van der Waals surface area contributed by atoms with Gasteiger partial charge in [0.1, 0.15) is 5.01 Å². The summed E-state index contributed by atoms with van der Waals surface area (Å²) >= 11 is 3.67. The summed E-state index contributed by atoms with van der Waals surface area (Å²) in [4.78, 5) is 6.13. The van der Waals surface area contributed by atoms with Gasteiger partial charge in [-0.15, -0.1) is 23.1 Å². The van der Waals surface area contributed by atoms with Gasteiger partial charge in [-0.2, -0.15) is 0 Å². The first-order valence-electron chi connectivity index (χ1n) is 6.69. The quantitative estimate of drug-likeness (QED) is 0.856. The molecule has 1 unspecified atom stereocenters. The van der Waals surface area contributed by atoms with Gasteiger partial charge in [-0.1, -0.05) is 18.2 Å². The third kappa shape index (κ3) is 3.19. The molecule has 1 fully saturated rings. The third-order valence-electron chi connectivity index (χ3n) is 3.43. The van der Waals surface area contributed by atoms with Crippen LogP contribution in [0.1, 0.15) is 35.1 Å². The van der Waals surface area contributed by atoms with Crippen molar-refractivity contribution in [2.45, 2.75) is 36.5 Å². The smallest absolute Gasteiger partial charge is 0.103 e. The Kier molecular flexibility index (Phi) is 4.21. The summed E-state index contributed by atoms with van der Waals surface area (Å²) in [5.74, 6) is 0.974.